The zero-order valence-corrected chi connectivity index (χ0v) is 14.7. The highest BCUT2D eigenvalue weighted by Crippen LogP contribution is 2.28. The zero-order valence-electron chi connectivity index (χ0n) is 14.7. The topological polar surface area (TPSA) is 52.6 Å². The molecule has 0 spiro atoms. The minimum absolute atomic E-state index is 0.258. The number of hydrogen-bond donors (Lipinski definition) is 0. The Morgan fingerprint density at radius 3 is 1.91 bits per heavy atom. The van der Waals surface area contributed by atoms with Crippen LogP contribution in [0.1, 0.15) is 49.9 Å². The minimum atomic E-state index is -0.528. The summed E-state index contributed by atoms with van der Waals surface area (Å²) in [5.74, 6) is -1.02. The van der Waals surface area contributed by atoms with E-state index in [0.29, 0.717) is 0 Å². The van der Waals surface area contributed by atoms with Crippen LogP contribution >= 0.6 is 0 Å². The van der Waals surface area contributed by atoms with Gasteiger partial charge in [-0.2, -0.15) is 0 Å². The molecule has 1 aromatic carbocycles. The van der Waals surface area contributed by atoms with Crippen molar-refractivity contribution in [1.82, 2.24) is 0 Å². The molecule has 23 heavy (non-hydrogen) atoms. The fourth-order valence-electron chi connectivity index (χ4n) is 2.59. The van der Waals surface area contributed by atoms with Crippen molar-refractivity contribution in [2.75, 3.05) is 13.2 Å². The standard InChI is InChI=1S/C19H26O4/c1-6-14-10-13(5)11-15(7-2)18(14)16(19(21)23-9-4)12-17(20)22-8-3/h10-12H,6-9H2,1-5H3/b16-12-. The van der Waals surface area contributed by atoms with Crippen LogP contribution in [0.25, 0.3) is 5.57 Å². The van der Waals surface area contributed by atoms with E-state index in [0.717, 1.165) is 35.1 Å². The fraction of sp³-hybridized carbons (Fsp3) is 0.474. The van der Waals surface area contributed by atoms with Crippen molar-refractivity contribution >= 4 is 17.5 Å². The molecule has 0 aliphatic heterocycles. The number of esters is 2. The molecule has 0 atom stereocenters. The van der Waals surface area contributed by atoms with Gasteiger partial charge in [0.05, 0.1) is 18.8 Å². The average Bonchev–Trinajstić information content (AvgIpc) is 2.52. The van der Waals surface area contributed by atoms with Crippen LogP contribution < -0.4 is 0 Å². The number of hydrogen-bond acceptors (Lipinski definition) is 4. The van der Waals surface area contributed by atoms with Gasteiger partial charge in [-0.25, -0.2) is 9.59 Å². The van der Waals surface area contributed by atoms with Crippen LogP contribution in [-0.2, 0) is 31.9 Å². The summed E-state index contributed by atoms with van der Waals surface area (Å²) in [5.41, 5.74) is 4.28. The number of rotatable bonds is 7. The molecule has 0 amide bonds. The van der Waals surface area contributed by atoms with E-state index in [4.69, 9.17) is 9.47 Å². The second-order valence-corrected chi connectivity index (χ2v) is 5.20. The highest BCUT2D eigenvalue weighted by molar-refractivity contribution is 6.21. The van der Waals surface area contributed by atoms with Crippen LogP contribution in [0, 0.1) is 6.92 Å². The van der Waals surface area contributed by atoms with E-state index in [9.17, 15) is 9.59 Å². The molecule has 4 heteroatoms. The van der Waals surface area contributed by atoms with Crippen molar-refractivity contribution in [3.63, 3.8) is 0 Å². The van der Waals surface area contributed by atoms with E-state index in [1.165, 1.54) is 6.08 Å². The van der Waals surface area contributed by atoms with Gasteiger partial charge in [-0.3, -0.25) is 0 Å². The lowest BCUT2D eigenvalue weighted by atomic mass is 9.89. The fourth-order valence-corrected chi connectivity index (χ4v) is 2.59. The Labute approximate surface area is 138 Å². The van der Waals surface area contributed by atoms with E-state index < -0.39 is 11.9 Å². The molecule has 0 N–H and O–H groups in total. The molecule has 0 fully saturated rings. The first kappa shape index (κ1) is 18.9. The van der Waals surface area contributed by atoms with Gasteiger partial charge < -0.3 is 9.47 Å². The lowest BCUT2D eigenvalue weighted by Gasteiger charge is -2.17. The van der Waals surface area contributed by atoms with Gasteiger partial charge in [0.1, 0.15) is 0 Å². The van der Waals surface area contributed by atoms with E-state index >= 15 is 0 Å². The van der Waals surface area contributed by atoms with Crippen molar-refractivity contribution in [3.8, 4) is 0 Å². The van der Waals surface area contributed by atoms with Crippen molar-refractivity contribution in [2.45, 2.75) is 47.5 Å². The normalized spacial score (nSPS) is 11.3. The number of ether oxygens (including phenoxy) is 2. The Bertz CT molecular complexity index is 574. The first-order chi connectivity index (χ1) is 11.0. The van der Waals surface area contributed by atoms with E-state index in [1.54, 1.807) is 13.8 Å². The van der Waals surface area contributed by atoms with Crippen LogP contribution in [-0.4, -0.2) is 25.2 Å². The Kier molecular flexibility index (Phi) is 7.52. The molecular weight excluding hydrogens is 292 g/mol. The van der Waals surface area contributed by atoms with Gasteiger partial charge in [0.15, 0.2) is 0 Å². The summed E-state index contributed by atoms with van der Waals surface area (Å²) in [5, 5.41) is 0. The summed E-state index contributed by atoms with van der Waals surface area (Å²) < 4.78 is 10.1. The molecule has 0 radical (unpaired) electrons. The molecular formula is C19H26O4. The lowest BCUT2D eigenvalue weighted by Crippen LogP contribution is -2.13. The Hall–Kier alpha value is -2.10. The quantitative estimate of drug-likeness (QED) is 0.569. The van der Waals surface area contributed by atoms with Crippen molar-refractivity contribution in [2.24, 2.45) is 0 Å². The maximum Gasteiger partial charge on any atom is 0.339 e. The average molecular weight is 318 g/mol. The number of carbonyl (C=O) groups excluding carboxylic acids is 2. The van der Waals surface area contributed by atoms with E-state index in [-0.39, 0.29) is 18.8 Å². The molecule has 1 aromatic rings. The summed E-state index contributed by atoms with van der Waals surface area (Å²) in [6.07, 6.45) is 2.79. The monoisotopic (exact) mass is 318 g/mol. The van der Waals surface area contributed by atoms with Gasteiger partial charge in [0.25, 0.3) is 0 Å². The summed E-state index contributed by atoms with van der Waals surface area (Å²) in [6, 6.07) is 4.10. The highest BCUT2D eigenvalue weighted by Gasteiger charge is 2.21. The Morgan fingerprint density at radius 2 is 1.48 bits per heavy atom. The van der Waals surface area contributed by atoms with E-state index in [2.05, 4.69) is 0 Å². The Morgan fingerprint density at radius 1 is 0.957 bits per heavy atom. The van der Waals surface area contributed by atoms with Crippen molar-refractivity contribution in [1.29, 1.82) is 0 Å². The molecule has 4 nitrogen and oxygen atoms in total. The van der Waals surface area contributed by atoms with Gasteiger partial charge in [-0.1, -0.05) is 31.5 Å². The maximum absolute atomic E-state index is 12.4. The SMILES string of the molecule is CCOC(=O)/C=C(\C(=O)OCC)c1c(CC)cc(C)cc1CC. The van der Waals surface area contributed by atoms with E-state index in [1.807, 2.05) is 32.9 Å². The third-order valence-electron chi connectivity index (χ3n) is 3.52. The van der Waals surface area contributed by atoms with Gasteiger partial charge in [0.2, 0.25) is 0 Å². The molecule has 126 valence electrons. The zero-order chi connectivity index (χ0) is 17.4. The number of aryl methyl sites for hydroxylation is 3. The molecule has 0 aliphatic rings. The summed E-state index contributed by atoms with van der Waals surface area (Å²) in [4.78, 5) is 24.3. The Balaban J connectivity index is 3.53. The maximum atomic E-state index is 12.4. The summed E-state index contributed by atoms with van der Waals surface area (Å²) >= 11 is 0. The van der Waals surface area contributed by atoms with Gasteiger partial charge in [0, 0.05) is 6.08 Å². The summed E-state index contributed by atoms with van der Waals surface area (Å²) in [7, 11) is 0. The van der Waals surface area contributed by atoms with Crippen LogP contribution in [0.4, 0.5) is 0 Å². The summed E-state index contributed by atoms with van der Waals surface area (Å²) in [6.45, 7) is 10.1. The van der Waals surface area contributed by atoms with Crippen LogP contribution in [0.5, 0.6) is 0 Å². The third kappa shape index (κ3) is 4.95. The minimum Gasteiger partial charge on any atom is -0.463 e. The second-order valence-electron chi connectivity index (χ2n) is 5.20. The first-order valence-corrected chi connectivity index (χ1v) is 8.16. The third-order valence-corrected chi connectivity index (χ3v) is 3.52. The van der Waals surface area contributed by atoms with Gasteiger partial charge in [-0.05, 0) is 50.3 Å². The van der Waals surface area contributed by atoms with Gasteiger partial charge in [-0.15, -0.1) is 0 Å². The van der Waals surface area contributed by atoms with Crippen LogP contribution in [0.2, 0.25) is 0 Å². The molecule has 0 saturated carbocycles. The molecule has 0 heterocycles. The van der Waals surface area contributed by atoms with Gasteiger partial charge >= 0.3 is 11.9 Å². The predicted molar refractivity (Wildman–Crippen MR) is 91.2 cm³/mol. The molecule has 1 rings (SSSR count). The van der Waals surface area contributed by atoms with Crippen LogP contribution in [0.15, 0.2) is 18.2 Å². The van der Waals surface area contributed by atoms with Crippen molar-refractivity contribution in [3.05, 3.63) is 40.5 Å². The molecule has 0 aromatic heterocycles. The second kappa shape index (κ2) is 9.13. The molecule has 0 aliphatic carbocycles. The van der Waals surface area contributed by atoms with Crippen molar-refractivity contribution < 1.29 is 19.1 Å². The number of carbonyl (C=O) groups is 2. The molecule has 0 bridgehead atoms. The highest BCUT2D eigenvalue weighted by atomic mass is 16.5. The molecule has 0 saturated heterocycles. The number of benzene rings is 1. The lowest BCUT2D eigenvalue weighted by molar-refractivity contribution is -0.139. The molecule has 0 unspecified atom stereocenters. The first-order valence-electron chi connectivity index (χ1n) is 8.16. The van der Waals surface area contributed by atoms with Crippen LogP contribution in [0.3, 0.4) is 0 Å². The largest absolute Gasteiger partial charge is 0.463 e. The smallest absolute Gasteiger partial charge is 0.339 e. The predicted octanol–water partition coefficient (Wildman–Crippen LogP) is 3.63.